The van der Waals surface area contributed by atoms with Crippen LogP contribution in [0, 0.1) is 0 Å². The van der Waals surface area contributed by atoms with E-state index in [1.54, 1.807) is 46.2 Å². The minimum atomic E-state index is -0.460. The fourth-order valence-corrected chi connectivity index (χ4v) is 4.57. The average Bonchev–Trinajstić information content (AvgIpc) is 3.07. The van der Waals surface area contributed by atoms with Gasteiger partial charge in [-0.05, 0) is 42.8 Å². The molecule has 0 aliphatic carbocycles. The highest BCUT2D eigenvalue weighted by atomic mass is 79.9. The molecule has 0 unspecified atom stereocenters. The quantitative estimate of drug-likeness (QED) is 0.316. The highest BCUT2D eigenvalue weighted by Crippen LogP contribution is 2.26. The van der Waals surface area contributed by atoms with Crippen LogP contribution in [0.25, 0.3) is 0 Å². The van der Waals surface area contributed by atoms with E-state index in [-0.39, 0.29) is 36.6 Å². The third-order valence-electron chi connectivity index (χ3n) is 5.97. The smallest absolute Gasteiger partial charge is 0.308 e. The van der Waals surface area contributed by atoms with Crippen molar-refractivity contribution in [3.8, 4) is 5.75 Å². The van der Waals surface area contributed by atoms with Crippen molar-refractivity contribution in [3.63, 3.8) is 0 Å². The number of hydrogen-bond donors (Lipinski definition) is 0. The van der Waals surface area contributed by atoms with Gasteiger partial charge in [0.15, 0.2) is 0 Å². The van der Waals surface area contributed by atoms with Crippen molar-refractivity contribution in [2.75, 3.05) is 32.7 Å². The van der Waals surface area contributed by atoms with E-state index in [2.05, 4.69) is 15.9 Å². The molecule has 2 aliphatic heterocycles. The van der Waals surface area contributed by atoms with E-state index < -0.39 is 5.97 Å². The van der Waals surface area contributed by atoms with Crippen LogP contribution < -0.4 is 4.74 Å². The zero-order valence-corrected chi connectivity index (χ0v) is 20.7. The van der Waals surface area contributed by atoms with Crippen molar-refractivity contribution in [1.82, 2.24) is 14.7 Å². The van der Waals surface area contributed by atoms with Crippen LogP contribution in [-0.2, 0) is 9.59 Å². The zero-order valence-electron chi connectivity index (χ0n) is 19.2. The van der Waals surface area contributed by atoms with Gasteiger partial charge in [0.2, 0.25) is 5.91 Å². The summed E-state index contributed by atoms with van der Waals surface area (Å²) in [4.78, 5) is 66.3. The van der Waals surface area contributed by atoms with Crippen molar-refractivity contribution >= 4 is 45.5 Å². The predicted octanol–water partition coefficient (Wildman–Crippen LogP) is 2.74. The molecule has 2 aromatic rings. The maximum atomic E-state index is 12.8. The topological polar surface area (TPSA) is 104 Å². The summed E-state index contributed by atoms with van der Waals surface area (Å²) in [5.74, 6) is -1.10. The standard InChI is InChI=1S/C25H24BrN3O6/c1-16(30)35-19-5-2-4-17(14-19)23(32)28-12-10-27(11-13-28)22(31)6-3-9-29-24(33)20-8-7-18(26)15-21(20)25(29)34/h2,4-5,7-8,14-15H,3,6,9-13H2,1H3. The number of esters is 1. The Morgan fingerprint density at radius 3 is 2.31 bits per heavy atom. The van der Waals surface area contributed by atoms with Gasteiger partial charge in [0.1, 0.15) is 5.75 Å². The number of nitrogens with zero attached hydrogens (tertiary/aromatic N) is 3. The number of fused-ring (bicyclic) bond motifs is 1. The Hall–Kier alpha value is -3.53. The summed E-state index contributed by atoms with van der Waals surface area (Å²) in [5, 5.41) is 0. The van der Waals surface area contributed by atoms with Gasteiger partial charge in [-0.1, -0.05) is 22.0 Å². The van der Waals surface area contributed by atoms with Gasteiger partial charge in [-0.25, -0.2) is 0 Å². The Labute approximate surface area is 210 Å². The van der Waals surface area contributed by atoms with Crippen molar-refractivity contribution in [2.24, 2.45) is 0 Å². The number of hydrogen-bond acceptors (Lipinski definition) is 6. The average molecular weight is 542 g/mol. The van der Waals surface area contributed by atoms with Gasteiger partial charge in [0.05, 0.1) is 11.1 Å². The molecule has 10 heteroatoms. The first-order valence-electron chi connectivity index (χ1n) is 11.3. The molecule has 4 amide bonds. The minimum absolute atomic E-state index is 0.0756. The maximum absolute atomic E-state index is 12.8. The van der Waals surface area contributed by atoms with Gasteiger partial charge in [-0.3, -0.25) is 28.9 Å². The lowest BCUT2D eigenvalue weighted by molar-refractivity contribution is -0.133. The van der Waals surface area contributed by atoms with E-state index in [0.717, 1.165) is 4.47 Å². The van der Waals surface area contributed by atoms with Crippen LogP contribution in [0.1, 0.15) is 50.8 Å². The first-order chi connectivity index (χ1) is 16.7. The summed E-state index contributed by atoms with van der Waals surface area (Å²) >= 11 is 3.31. The summed E-state index contributed by atoms with van der Waals surface area (Å²) in [6.45, 7) is 3.03. The number of imide groups is 1. The largest absolute Gasteiger partial charge is 0.427 e. The molecule has 0 N–H and O–H groups in total. The van der Waals surface area contributed by atoms with Crippen LogP contribution in [0.15, 0.2) is 46.9 Å². The van der Waals surface area contributed by atoms with Crippen LogP contribution in [0.3, 0.4) is 0 Å². The molecule has 1 saturated heterocycles. The van der Waals surface area contributed by atoms with Gasteiger partial charge >= 0.3 is 5.97 Å². The first-order valence-corrected chi connectivity index (χ1v) is 12.0. The second kappa shape index (κ2) is 10.4. The highest BCUT2D eigenvalue weighted by Gasteiger charge is 2.35. The second-order valence-corrected chi connectivity index (χ2v) is 9.27. The van der Waals surface area contributed by atoms with Crippen LogP contribution in [-0.4, -0.2) is 77.0 Å². The molecule has 9 nitrogen and oxygen atoms in total. The molecule has 4 rings (SSSR count). The summed E-state index contributed by atoms with van der Waals surface area (Å²) < 4.78 is 5.77. The number of piperazine rings is 1. The molecular formula is C25H24BrN3O6. The third-order valence-corrected chi connectivity index (χ3v) is 6.46. The molecule has 0 saturated carbocycles. The molecule has 0 spiro atoms. The number of carbonyl (C=O) groups excluding carboxylic acids is 5. The monoisotopic (exact) mass is 541 g/mol. The van der Waals surface area contributed by atoms with E-state index in [1.165, 1.54) is 17.9 Å². The third kappa shape index (κ3) is 5.43. The Bertz CT molecular complexity index is 1210. The lowest BCUT2D eigenvalue weighted by Gasteiger charge is -2.35. The zero-order chi connectivity index (χ0) is 25.1. The molecular weight excluding hydrogens is 518 g/mol. The Kier molecular flexibility index (Phi) is 7.30. The lowest BCUT2D eigenvalue weighted by Crippen LogP contribution is -2.50. The number of halogens is 1. The van der Waals surface area contributed by atoms with Crippen molar-refractivity contribution < 1.29 is 28.7 Å². The number of rotatable bonds is 6. The van der Waals surface area contributed by atoms with Gasteiger partial charge in [0, 0.05) is 56.1 Å². The normalized spacial score (nSPS) is 15.3. The van der Waals surface area contributed by atoms with Crippen LogP contribution in [0.5, 0.6) is 5.75 Å². The van der Waals surface area contributed by atoms with E-state index in [9.17, 15) is 24.0 Å². The molecule has 1 fully saturated rings. The Morgan fingerprint density at radius 2 is 1.60 bits per heavy atom. The van der Waals surface area contributed by atoms with Crippen molar-refractivity contribution in [1.29, 1.82) is 0 Å². The van der Waals surface area contributed by atoms with E-state index in [1.807, 2.05) is 0 Å². The van der Waals surface area contributed by atoms with Crippen LogP contribution >= 0.6 is 15.9 Å². The van der Waals surface area contributed by atoms with E-state index in [0.29, 0.717) is 55.0 Å². The molecule has 2 heterocycles. The molecule has 35 heavy (non-hydrogen) atoms. The summed E-state index contributed by atoms with van der Waals surface area (Å²) in [7, 11) is 0. The number of amides is 4. The molecule has 2 aliphatic rings. The summed E-state index contributed by atoms with van der Waals surface area (Å²) in [6, 6.07) is 11.4. The number of benzene rings is 2. The van der Waals surface area contributed by atoms with E-state index in [4.69, 9.17) is 4.74 Å². The molecule has 0 aromatic heterocycles. The van der Waals surface area contributed by atoms with E-state index >= 15 is 0 Å². The molecule has 182 valence electrons. The van der Waals surface area contributed by atoms with Gasteiger partial charge in [-0.15, -0.1) is 0 Å². The molecule has 0 radical (unpaired) electrons. The van der Waals surface area contributed by atoms with Crippen molar-refractivity contribution in [2.45, 2.75) is 19.8 Å². The second-order valence-electron chi connectivity index (χ2n) is 8.35. The minimum Gasteiger partial charge on any atom is -0.427 e. The SMILES string of the molecule is CC(=O)Oc1cccc(C(=O)N2CCN(C(=O)CCCN3C(=O)c4ccc(Br)cc4C3=O)CC2)c1. The Morgan fingerprint density at radius 1 is 0.914 bits per heavy atom. The number of carbonyl (C=O) groups is 5. The van der Waals surface area contributed by atoms with Crippen LogP contribution in [0.4, 0.5) is 0 Å². The summed E-state index contributed by atoms with van der Waals surface area (Å²) in [5.41, 5.74) is 1.16. The van der Waals surface area contributed by atoms with Crippen LogP contribution in [0.2, 0.25) is 0 Å². The van der Waals surface area contributed by atoms with Gasteiger partial charge < -0.3 is 14.5 Å². The Balaban J connectivity index is 1.25. The lowest BCUT2D eigenvalue weighted by atomic mass is 10.1. The summed E-state index contributed by atoms with van der Waals surface area (Å²) in [6.07, 6.45) is 0.572. The van der Waals surface area contributed by atoms with Crippen molar-refractivity contribution in [3.05, 3.63) is 63.6 Å². The fourth-order valence-electron chi connectivity index (χ4n) is 4.21. The number of ether oxygens (including phenoxy) is 1. The first kappa shape index (κ1) is 24.6. The molecule has 0 atom stereocenters. The predicted molar refractivity (Wildman–Crippen MR) is 129 cm³/mol. The highest BCUT2D eigenvalue weighted by molar-refractivity contribution is 9.10. The molecule has 2 aromatic carbocycles. The molecule has 0 bridgehead atoms. The van der Waals surface area contributed by atoms with Gasteiger partial charge in [0.25, 0.3) is 17.7 Å². The fraction of sp³-hybridized carbons (Fsp3) is 0.320. The maximum Gasteiger partial charge on any atom is 0.308 e. The van der Waals surface area contributed by atoms with Gasteiger partial charge in [-0.2, -0.15) is 0 Å².